The molecule has 1 unspecified atom stereocenters. The van der Waals surface area contributed by atoms with Crippen LogP contribution in [0.5, 0.6) is 0 Å². The molecule has 0 aliphatic carbocycles. The fraction of sp³-hybridized carbons (Fsp3) is 0.800. The van der Waals surface area contributed by atoms with Gasteiger partial charge in [0.2, 0.25) is 0 Å². The second-order valence-corrected chi connectivity index (χ2v) is 5.41. The molecule has 132 valence electrons. The van der Waals surface area contributed by atoms with Gasteiger partial charge in [0.05, 0.1) is 6.10 Å². The van der Waals surface area contributed by atoms with Crippen molar-refractivity contribution in [1.29, 1.82) is 0 Å². The molecule has 2 rings (SSSR count). The van der Waals surface area contributed by atoms with Crippen LogP contribution in [0.25, 0.3) is 0 Å². The largest absolute Gasteiger partial charge is 0.378 e. The predicted octanol–water partition coefficient (Wildman–Crippen LogP) is 1.58. The van der Waals surface area contributed by atoms with Crippen molar-refractivity contribution in [2.45, 2.75) is 52.2 Å². The van der Waals surface area contributed by atoms with Crippen molar-refractivity contribution in [3.63, 3.8) is 0 Å². The average molecular weight is 436 g/mol. The van der Waals surface area contributed by atoms with E-state index >= 15 is 0 Å². The van der Waals surface area contributed by atoms with E-state index in [4.69, 9.17) is 4.74 Å². The molecule has 7 nitrogen and oxygen atoms in total. The number of ether oxygens (including phenoxy) is 1. The standard InChI is InChI=1S/C15H28N6O.HI/c1-3-14-20-19-12-21(14)10-9-18-15(16-4-2)17-8-7-13-6-5-11-22-13;/h12-13H,3-11H2,1-2H3,(H2,16,17,18);1H. The molecule has 2 N–H and O–H groups in total. The van der Waals surface area contributed by atoms with Gasteiger partial charge in [0.15, 0.2) is 5.96 Å². The van der Waals surface area contributed by atoms with Crippen molar-refractivity contribution < 1.29 is 4.74 Å². The van der Waals surface area contributed by atoms with Gasteiger partial charge in [-0.05, 0) is 26.2 Å². The molecule has 0 saturated carbocycles. The summed E-state index contributed by atoms with van der Waals surface area (Å²) in [6.07, 6.45) is 6.44. The van der Waals surface area contributed by atoms with Crippen LogP contribution in [0.2, 0.25) is 0 Å². The van der Waals surface area contributed by atoms with Gasteiger partial charge in [0.1, 0.15) is 12.2 Å². The van der Waals surface area contributed by atoms with Crippen molar-refractivity contribution in [2.24, 2.45) is 4.99 Å². The van der Waals surface area contributed by atoms with Crippen LogP contribution >= 0.6 is 24.0 Å². The van der Waals surface area contributed by atoms with Gasteiger partial charge < -0.3 is 19.9 Å². The molecule has 1 aliphatic heterocycles. The molecule has 1 atom stereocenters. The Hall–Kier alpha value is -0.900. The first kappa shape index (κ1) is 20.1. The van der Waals surface area contributed by atoms with Crippen molar-refractivity contribution in [3.8, 4) is 0 Å². The molecule has 2 heterocycles. The Morgan fingerprint density at radius 1 is 1.43 bits per heavy atom. The Morgan fingerprint density at radius 2 is 2.30 bits per heavy atom. The average Bonchev–Trinajstić information content (AvgIpc) is 3.18. The molecule has 0 radical (unpaired) electrons. The lowest BCUT2D eigenvalue weighted by Crippen LogP contribution is -2.39. The molecule has 0 spiro atoms. The Morgan fingerprint density at radius 3 is 3.00 bits per heavy atom. The van der Waals surface area contributed by atoms with E-state index < -0.39 is 0 Å². The van der Waals surface area contributed by atoms with E-state index in [-0.39, 0.29) is 24.0 Å². The lowest BCUT2D eigenvalue weighted by molar-refractivity contribution is 0.106. The van der Waals surface area contributed by atoms with Gasteiger partial charge in [0.25, 0.3) is 0 Å². The number of hydrogen-bond donors (Lipinski definition) is 2. The van der Waals surface area contributed by atoms with Crippen molar-refractivity contribution in [2.75, 3.05) is 26.2 Å². The van der Waals surface area contributed by atoms with Gasteiger partial charge in [-0.3, -0.25) is 4.99 Å². The molecule has 23 heavy (non-hydrogen) atoms. The topological polar surface area (TPSA) is 76.4 Å². The molecule has 1 saturated heterocycles. The Balaban J connectivity index is 0.00000264. The van der Waals surface area contributed by atoms with E-state index in [2.05, 4.69) is 44.2 Å². The van der Waals surface area contributed by atoms with E-state index in [1.165, 1.54) is 12.8 Å². The summed E-state index contributed by atoms with van der Waals surface area (Å²) in [6.45, 7) is 8.37. The highest BCUT2D eigenvalue weighted by molar-refractivity contribution is 14.0. The summed E-state index contributed by atoms with van der Waals surface area (Å²) >= 11 is 0. The second-order valence-electron chi connectivity index (χ2n) is 5.41. The number of rotatable bonds is 8. The van der Waals surface area contributed by atoms with Crippen LogP contribution in [0, 0.1) is 0 Å². The quantitative estimate of drug-likeness (QED) is 0.368. The summed E-state index contributed by atoms with van der Waals surface area (Å²) in [5.41, 5.74) is 0. The zero-order chi connectivity index (χ0) is 15.6. The first-order valence-corrected chi connectivity index (χ1v) is 8.34. The Kier molecular flexibility index (Phi) is 10.2. The van der Waals surface area contributed by atoms with Crippen LogP contribution in [0.1, 0.15) is 38.9 Å². The van der Waals surface area contributed by atoms with Crippen LogP contribution in [0.15, 0.2) is 11.3 Å². The zero-order valence-corrected chi connectivity index (χ0v) is 16.5. The highest BCUT2D eigenvalue weighted by Crippen LogP contribution is 2.14. The summed E-state index contributed by atoms with van der Waals surface area (Å²) in [6, 6.07) is 0. The van der Waals surface area contributed by atoms with Crippen LogP contribution < -0.4 is 10.6 Å². The van der Waals surface area contributed by atoms with E-state index in [1.54, 1.807) is 6.33 Å². The lowest BCUT2D eigenvalue weighted by atomic mass is 10.2. The van der Waals surface area contributed by atoms with Crippen molar-refractivity contribution in [1.82, 2.24) is 25.4 Å². The molecule has 1 aromatic rings. The Bertz CT molecular complexity index is 459. The van der Waals surface area contributed by atoms with E-state index in [9.17, 15) is 0 Å². The molecule has 0 bridgehead atoms. The summed E-state index contributed by atoms with van der Waals surface area (Å²) in [5.74, 6) is 1.88. The molecule has 0 amide bonds. The number of halogens is 1. The molecule has 1 fully saturated rings. The maximum Gasteiger partial charge on any atom is 0.191 e. The number of guanidine groups is 1. The highest BCUT2D eigenvalue weighted by Gasteiger charge is 2.14. The van der Waals surface area contributed by atoms with Crippen LogP contribution in [-0.4, -0.2) is 53.1 Å². The van der Waals surface area contributed by atoms with E-state index in [0.717, 1.165) is 57.4 Å². The maximum absolute atomic E-state index is 5.62. The van der Waals surface area contributed by atoms with Crippen LogP contribution in [0.3, 0.4) is 0 Å². The summed E-state index contributed by atoms with van der Waals surface area (Å²) in [7, 11) is 0. The van der Waals surface area contributed by atoms with Crippen LogP contribution in [0.4, 0.5) is 0 Å². The lowest BCUT2D eigenvalue weighted by Gasteiger charge is -2.13. The molecular formula is C15H29IN6O. The summed E-state index contributed by atoms with van der Waals surface area (Å²) < 4.78 is 7.70. The number of hydrogen-bond acceptors (Lipinski definition) is 4. The number of aliphatic imine (C=N–C) groups is 1. The summed E-state index contributed by atoms with van der Waals surface area (Å²) in [5, 5.41) is 14.7. The van der Waals surface area contributed by atoms with E-state index in [1.807, 2.05) is 0 Å². The SMILES string of the molecule is CCNC(=NCCC1CCCO1)NCCn1cnnc1CC.I. The fourth-order valence-electron chi connectivity index (χ4n) is 2.57. The molecule has 8 heteroatoms. The van der Waals surface area contributed by atoms with Gasteiger partial charge in [-0.15, -0.1) is 34.2 Å². The van der Waals surface area contributed by atoms with Gasteiger partial charge in [-0.2, -0.15) is 0 Å². The third-order valence-electron chi connectivity index (χ3n) is 3.75. The normalized spacial score (nSPS) is 17.8. The van der Waals surface area contributed by atoms with Crippen molar-refractivity contribution in [3.05, 3.63) is 12.2 Å². The predicted molar refractivity (Wildman–Crippen MR) is 102 cm³/mol. The summed E-state index contributed by atoms with van der Waals surface area (Å²) in [4.78, 5) is 4.61. The monoisotopic (exact) mass is 436 g/mol. The van der Waals surface area contributed by atoms with Gasteiger partial charge in [-0.25, -0.2) is 0 Å². The fourth-order valence-corrected chi connectivity index (χ4v) is 2.57. The highest BCUT2D eigenvalue weighted by atomic mass is 127. The molecule has 1 aromatic heterocycles. The smallest absolute Gasteiger partial charge is 0.191 e. The van der Waals surface area contributed by atoms with Gasteiger partial charge >= 0.3 is 0 Å². The van der Waals surface area contributed by atoms with Crippen molar-refractivity contribution >= 4 is 29.9 Å². The number of aryl methyl sites for hydroxylation is 1. The first-order valence-electron chi connectivity index (χ1n) is 8.34. The zero-order valence-electron chi connectivity index (χ0n) is 14.1. The minimum Gasteiger partial charge on any atom is -0.378 e. The van der Waals surface area contributed by atoms with E-state index in [0.29, 0.717) is 6.10 Å². The number of nitrogens with zero attached hydrogens (tertiary/aromatic N) is 4. The Labute approximate surface area is 155 Å². The first-order chi connectivity index (χ1) is 10.8. The third-order valence-corrected chi connectivity index (χ3v) is 3.75. The molecule has 1 aliphatic rings. The molecule has 0 aromatic carbocycles. The maximum atomic E-state index is 5.62. The number of nitrogens with one attached hydrogen (secondary N) is 2. The molecular weight excluding hydrogens is 407 g/mol. The minimum atomic E-state index is 0. The van der Waals surface area contributed by atoms with Gasteiger partial charge in [-0.1, -0.05) is 6.92 Å². The third kappa shape index (κ3) is 7.03. The second kappa shape index (κ2) is 11.6. The van der Waals surface area contributed by atoms with Gasteiger partial charge in [0, 0.05) is 39.2 Å². The van der Waals surface area contributed by atoms with Crippen LogP contribution in [-0.2, 0) is 17.7 Å². The number of aromatic nitrogens is 3. The minimum absolute atomic E-state index is 0.